The van der Waals surface area contributed by atoms with Gasteiger partial charge in [-0.25, -0.2) is 0 Å². The smallest absolute Gasteiger partial charge is 0.244 e. The molecule has 2 N–H and O–H groups in total. The average molecular weight is 376 g/mol. The highest BCUT2D eigenvalue weighted by Crippen LogP contribution is 2.31. The molecular weight excluding hydrogens is 361 g/mol. The van der Waals surface area contributed by atoms with Gasteiger partial charge in [-0.15, -0.1) is 5.10 Å². The zero-order valence-corrected chi connectivity index (χ0v) is 14.8. The van der Waals surface area contributed by atoms with Crippen LogP contribution in [0.3, 0.4) is 0 Å². The second-order valence-corrected chi connectivity index (χ2v) is 5.90. The number of rotatable bonds is 6. The van der Waals surface area contributed by atoms with Gasteiger partial charge < -0.3 is 15.4 Å². The normalized spacial score (nSPS) is 10.4. The molecule has 25 heavy (non-hydrogen) atoms. The van der Waals surface area contributed by atoms with E-state index in [0.717, 1.165) is 11.3 Å². The fourth-order valence-corrected chi connectivity index (χ4v) is 2.60. The third-order valence-electron chi connectivity index (χ3n) is 3.38. The number of methoxy groups -OCH3 is 1. The van der Waals surface area contributed by atoms with E-state index in [2.05, 4.69) is 25.8 Å². The summed E-state index contributed by atoms with van der Waals surface area (Å²) in [7, 11) is 1.64. The fourth-order valence-electron chi connectivity index (χ4n) is 2.11. The van der Waals surface area contributed by atoms with Crippen LogP contribution in [0, 0.1) is 0 Å². The van der Waals surface area contributed by atoms with E-state index < -0.39 is 0 Å². The highest BCUT2D eigenvalue weighted by Gasteiger charge is 2.08. The molecule has 6 nitrogen and oxygen atoms in total. The van der Waals surface area contributed by atoms with Crippen molar-refractivity contribution in [3.8, 4) is 5.75 Å². The largest absolute Gasteiger partial charge is 0.497 e. The number of ether oxygens (including phenoxy) is 1. The topological polar surface area (TPSA) is 72.0 Å². The van der Waals surface area contributed by atoms with Crippen LogP contribution < -0.4 is 15.4 Å². The van der Waals surface area contributed by atoms with E-state index in [1.807, 2.05) is 24.3 Å². The van der Waals surface area contributed by atoms with Crippen molar-refractivity contribution in [1.29, 1.82) is 0 Å². The molecule has 0 bridgehead atoms. The molecule has 3 aromatic rings. The number of para-hydroxylation sites is 1. The molecule has 3 rings (SSSR count). The summed E-state index contributed by atoms with van der Waals surface area (Å²) in [5.41, 5.74) is 1.64. The summed E-state index contributed by atoms with van der Waals surface area (Å²) in [6, 6.07) is 13.0. The van der Waals surface area contributed by atoms with Gasteiger partial charge in [-0.05, 0) is 29.8 Å². The predicted molar refractivity (Wildman–Crippen MR) is 99.9 cm³/mol. The van der Waals surface area contributed by atoms with Gasteiger partial charge in [0.1, 0.15) is 5.75 Å². The molecule has 2 aromatic carbocycles. The van der Waals surface area contributed by atoms with Gasteiger partial charge in [-0.3, -0.25) is 0 Å². The quantitative estimate of drug-likeness (QED) is 0.658. The van der Waals surface area contributed by atoms with E-state index in [4.69, 9.17) is 27.9 Å². The summed E-state index contributed by atoms with van der Waals surface area (Å²) in [5.74, 6) is 1.69. The van der Waals surface area contributed by atoms with Gasteiger partial charge in [0.2, 0.25) is 5.95 Å². The van der Waals surface area contributed by atoms with E-state index >= 15 is 0 Å². The summed E-state index contributed by atoms with van der Waals surface area (Å²) < 4.78 is 5.14. The molecule has 0 aliphatic carbocycles. The van der Waals surface area contributed by atoms with Gasteiger partial charge in [0, 0.05) is 6.54 Å². The van der Waals surface area contributed by atoms with Crippen molar-refractivity contribution < 1.29 is 4.74 Å². The molecule has 0 amide bonds. The first-order valence-electron chi connectivity index (χ1n) is 7.43. The third-order valence-corrected chi connectivity index (χ3v) is 4.01. The minimum atomic E-state index is 0.393. The summed E-state index contributed by atoms with van der Waals surface area (Å²) in [4.78, 5) is 4.36. The van der Waals surface area contributed by atoms with Crippen molar-refractivity contribution in [2.24, 2.45) is 0 Å². The van der Waals surface area contributed by atoms with Crippen LogP contribution in [-0.4, -0.2) is 22.3 Å². The Morgan fingerprint density at radius 3 is 2.44 bits per heavy atom. The SMILES string of the molecule is COc1ccc(CNc2nncc(Nc3c(Cl)cccc3Cl)n2)cc1. The number of anilines is 3. The van der Waals surface area contributed by atoms with Crippen molar-refractivity contribution in [3.63, 3.8) is 0 Å². The molecule has 0 saturated carbocycles. The first-order valence-corrected chi connectivity index (χ1v) is 8.19. The summed E-state index contributed by atoms with van der Waals surface area (Å²) >= 11 is 12.3. The van der Waals surface area contributed by atoms with Crippen LogP contribution in [0.5, 0.6) is 5.75 Å². The van der Waals surface area contributed by atoms with Gasteiger partial charge in [0.15, 0.2) is 5.82 Å². The molecule has 1 heterocycles. The molecule has 8 heteroatoms. The standard InChI is InChI=1S/C17H15Cl2N5O/c1-25-12-7-5-11(6-8-12)9-20-17-23-15(10-21-24-17)22-16-13(18)3-2-4-14(16)19/h2-8,10H,9H2,1H3,(H2,20,22,23,24). The minimum Gasteiger partial charge on any atom is -0.497 e. The average Bonchev–Trinajstić information content (AvgIpc) is 2.64. The lowest BCUT2D eigenvalue weighted by atomic mass is 10.2. The van der Waals surface area contributed by atoms with Crippen LogP contribution in [0.15, 0.2) is 48.7 Å². The molecule has 0 aliphatic rings. The first kappa shape index (κ1) is 17.3. The number of aromatic nitrogens is 3. The summed E-state index contributed by atoms with van der Waals surface area (Å²) in [6.45, 7) is 0.558. The molecular formula is C17H15Cl2N5O. The molecule has 1 aromatic heterocycles. The van der Waals surface area contributed by atoms with E-state index in [-0.39, 0.29) is 0 Å². The molecule has 0 spiro atoms. The van der Waals surface area contributed by atoms with E-state index in [1.54, 1.807) is 25.3 Å². The van der Waals surface area contributed by atoms with Crippen LogP contribution in [0.25, 0.3) is 0 Å². The zero-order valence-electron chi connectivity index (χ0n) is 13.3. The van der Waals surface area contributed by atoms with Crippen molar-refractivity contribution in [2.45, 2.75) is 6.54 Å². The van der Waals surface area contributed by atoms with Crippen LogP contribution in [0.1, 0.15) is 5.56 Å². The van der Waals surface area contributed by atoms with Gasteiger partial charge in [0.25, 0.3) is 0 Å². The lowest BCUT2D eigenvalue weighted by Gasteiger charge is -2.10. The van der Waals surface area contributed by atoms with Crippen LogP contribution in [0.2, 0.25) is 10.0 Å². The molecule has 0 saturated heterocycles. The van der Waals surface area contributed by atoms with Crippen LogP contribution in [-0.2, 0) is 6.54 Å². The minimum absolute atomic E-state index is 0.393. The fraction of sp³-hybridized carbons (Fsp3) is 0.118. The Morgan fingerprint density at radius 2 is 1.76 bits per heavy atom. The van der Waals surface area contributed by atoms with E-state index in [9.17, 15) is 0 Å². The molecule has 0 unspecified atom stereocenters. The maximum Gasteiger partial charge on any atom is 0.244 e. The van der Waals surface area contributed by atoms with Crippen molar-refractivity contribution >= 4 is 40.7 Å². The Bertz CT molecular complexity index is 838. The summed E-state index contributed by atoms with van der Waals surface area (Å²) in [5, 5.41) is 15.1. The second-order valence-electron chi connectivity index (χ2n) is 5.09. The molecule has 0 atom stereocenters. The number of hydrogen-bond donors (Lipinski definition) is 2. The maximum absolute atomic E-state index is 6.15. The molecule has 0 aliphatic heterocycles. The molecule has 0 radical (unpaired) electrons. The van der Waals surface area contributed by atoms with Gasteiger partial charge in [-0.2, -0.15) is 10.1 Å². The number of halogens is 2. The van der Waals surface area contributed by atoms with Crippen LogP contribution in [0.4, 0.5) is 17.5 Å². The van der Waals surface area contributed by atoms with Gasteiger partial charge >= 0.3 is 0 Å². The van der Waals surface area contributed by atoms with Crippen molar-refractivity contribution in [2.75, 3.05) is 17.7 Å². The highest BCUT2D eigenvalue weighted by molar-refractivity contribution is 6.39. The Morgan fingerprint density at radius 1 is 1.04 bits per heavy atom. The lowest BCUT2D eigenvalue weighted by molar-refractivity contribution is 0.414. The van der Waals surface area contributed by atoms with E-state index in [1.165, 1.54) is 6.20 Å². The Hall–Kier alpha value is -2.57. The number of hydrogen-bond acceptors (Lipinski definition) is 6. The van der Waals surface area contributed by atoms with Crippen LogP contribution >= 0.6 is 23.2 Å². The summed E-state index contributed by atoms with van der Waals surface area (Å²) in [6.07, 6.45) is 1.50. The van der Waals surface area contributed by atoms with Crippen molar-refractivity contribution in [1.82, 2.24) is 15.2 Å². The van der Waals surface area contributed by atoms with Crippen molar-refractivity contribution in [3.05, 3.63) is 64.3 Å². The predicted octanol–water partition coefficient (Wildman–Crippen LogP) is 4.54. The van der Waals surface area contributed by atoms with Gasteiger partial charge in [-0.1, -0.05) is 41.4 Å². The molecule has 0 fully saturated rings. The number of nitrogens with one attached hydrogen (secondary N) is 2. The zero-order chi connectivity index (χ0) is 17.6. The Balaban J connectivity index is 1.68. The number of benzene rings is 2. The Labute approximate surface area is 155 Å². The maximum atomic E-state index is 6.15. The molecule has 128 valence electrons. The Kier molecular flexibility index (Phi) is 5.53. The second kappa shape index (κ2) is 8.00. The van der Waals surface area contributed by atoms with Gasteiger partial charge in [0.05, 0.1) is 29.0 Å². The first-order chi connectivity index (χ1) is 12.2. The lowest BCUT2D eigenvalue weighted by Crippen LogP contribution is -2.06. The third kappa shape index (κ3) is 4.49. The van der Waals surface area contributed by atoms with E-state index in [0.29, 0.717) is 34.0 Å². The monoisotopic (exact) mass is 375 g/mol. The highest BCUT2D eigenvalue weighted by atomic mass is 35.5. The number of nitrogens with zero attached hydrogens (tertiary/aromatic N) is 3.